The predicted octanol–water partition coefficient (Wildman–Crippen LogP) is 3.75. The van der Waals surface area contributed by atoms with Crippen LogP contribution in [0.15, 0.2) is 60.7 Å². The van der Waals surface area contributed by atoms with Gasteiger partial charge in [-0.1, -0.05) is 83.3 Å². The molecule has 0 aliphatic heterocycles. The Morgan fingerprint density at radius 3 is 1.82 bits per heavy atom. The van der Waals surface area contributed by atoms with Gasteiger partial charge in [-0.05, 0) is 17.5 Å². The molecule has 2 rings (SSSR count). The monoisotopic (exact) mass is 432 g/mol. The largest absolute Gasteiger partial charge is 0.469 e. The number of phosphoric ester groups is 1. The molecule has 22 heavy (non-hydrogen) atoms. The third kappa shape index (κ3) is 6.18. The van der Waals surface area contributed by atoms with Crippen LogP contribution < -0.4 is 0 Å². The van der Waals surface area contributed by atoms with E-state index in [1.807, 2.05) is 60.7 Å². The van der Waals surface area contributed by atoms with Crippen molar-refractivity contribution in [2.24, 2.45) is 0 Å². The van der Waals surface area contributed by atoms with Crippen molar-refractivity contribution >= 4 is 30.4 Å². The van der Waals surface area contributed by atoms with Crippen molar-refractivity contribution in [2.75, 3.05) is 0 Å². The Morgan fingerprint density at radius 1 is 0.909 bits per heavy atom. The van der Waals surface area contributed by atoms with E-state index in [2.05, 4.69) is 22.6 Å². The quantitative estimate of drug-likeness (QED) is 0.398. The third-order valence-electron chi connectivity index (χ3n) is 3.23. The zero-order valence-electron chi connectivity index (χ0n) is 11.9. The molecule has 2 N–H and O–H groups in total. The SMILES string of the molecule is O=P(O)(O)OC(Cc1ccccc1)C(I)Cc1ccccc1. The van der Waals surface area contributed by atoms with E-state index in [1.165, 1.54) is 0 Å². The van der Waals surface area contributed by atoms with Gasteiger partial charge < -0.3 is 9.79 Å². The molecule has 0 heterocycles. The maximum absolute atomic E-state index is 11.3. The molecular weight excluding hydrogens is 414 g/mol. The zero-order valence-corrected chi connectivity index (χ0v) is 14.9. The summed E-state index contributed by atoms with van der Waals surface area (Å²) in [5.74, 6) is 0. The number of halogens is 1. The van der Waals surface area contributed by atoms with Gasteiger partial charge in [-0.2, -0.15) is 0 Å². The molecule has 2 aromatic rings. The van der Waals surface area contributed by atoms with E-state index < -0.39 is 13.9 Å². The lowest BCUT2D eigenvalue weighted by molar-refractivity contribution is 0.133. The molecule has 118 valence electrons. The smallest absolute Gasteiger partial charge is 0.303 e. The van der Waals surface area contributed by atoms with Crippen LogP contribution in [0, 0.1) is 0 Å². The fourth-order valence-corrected chi connectivity index (χ4v) is 3.94. The molecule has 0 saturated carbocycles. The van der Waals surface area contributed by atoms with Crippen LogP contribution in [0.1, 0.15) is 11.1 Å². The first-order valence-electron chi connectivity index (χ1n) is 6.90. The first-order valence-corrected chi connectivity index (χ1v) is 9.67. The molecule has 0 spiro atoms. The highest BCUT2D eigenvalue weighted by atomic mass is 127. The highest BCUT2D eigenvalue weighted by Crippen LogP contribution is 2.40. The first kappa shape index (κ1) is 17.6. The van der Waals surface area contributed by atoms with Gasteiger partial charge in [-0.25, -0.2) is 4.57 Å². The van der Waals surface area contributed by atoms with Crippen molar-refractivity contribution in [1.82, 2.24) is 0 Å². The molecule has 0 aliphatic rings. The second kappa shape index (κ2) is 8.22. The van der Waals surface area contributed by atoms with Crippen LogP contribution in [0.5, 0.6) is 0 Å². The normalized spacial score (nSPS) is 14.5. The Hall–Kier alpha value is -0.720. The molecule has 4 nitrogen and oxygen atoms in total. The number of rotatable bonds is 7. The number of benzene rings is 2. The van der Waals surface area contributed by atoms with Crippen molar-refractivity contribution in [2.45, 2.75) is 22.9 Å². The van der Waals surface area contributed by atoms with Crippen molar-refractivity contribution in [3.8, 4) is 0 Å². The lowest BCUT2D eigenvalue weighted by Crippen LogP contribution is -2.27. The van der Waals surface area contributed by atoms with Crippen molar-refractivity contribution in [1.29, 1.82) is 0 Å². The van der Waals surface area contributed by atoms with Crippen LogP contribution in [0.2, 0.25) is 0 Å². The fraction of sp³-hybridized carbons (Fsp3) is 0.250. The van der Waals surface area contributed by atoms with E-state index in [1.54, 1.807) is 0 Å². The lowest BCUT2D eigenvalue weighted by Gasteiger charge is -2.23. The second-order valence-electron chi connectivity index (χ2n) is 5.03. The lowest BCUT2D eigenvalue weighted by atomic mass is 10.0. The van der Waals surface area contributed by atoms with Gasteiger partial charge in [0.2, 0.25) is 0 Å². The summed E-state index contributed by atoms with van der Waals surface area (Å²) in [7, 11) is -4.52. The van der Waals surface area contributed by atoms with E-state index in [4.69, 9.17) is 14.3 Å². The van der Waals surface area contributed by atoms with Crippen LogP contribution in [-0.4, -0.2) is 19.8 Å². The molecule has 2 unspecified atom stereocenters. The third-order valence-corrected chi connectivity index (χ3v) is 5.02. The summed E-state index contributed by atoms with van der Waals surface area (Å²) in [6.07, 6.45) is 0.606. The summed E-state index contributed by atoms with van der Waals surface area (Å²) in [4.78, 5) is 18.3. The molecule has 0 aromatic heterocycles. The summed E-state index contributed by atoms with van der Waals surface area (Å²) in [6, 6.07) is 19.4. The molecule has 0 amide bonds. The van der Waals surface area contributed by atoms with E-state index >= 15 is 0 Å². The van der Waals surface area contributed by atoms with Crippen molar-refractivity contribution in [3.63, 3.8) is 0 Å². The van der Waals surface area contributed by atoms with Gasteiger partial charge in [0.15, 0.2) is 0 Å². The Labute approximate surface area is 143 Å². The molecule has 0 fully saturated rings. The number of alkyl halides is 1. The van der Waals surface area contributed by atoms with Crippen LogP contribution in [0.3, 0.4) is 0 Å². The summed E-state index contributed by atoms with van der Waals surface area (Å²) >= 11 is 2.21. The van der Waals surface area contributed by atoms with Crippen LogP contribution in [0.4, 0.5) is 0 Å². The average molecular weight is 432 g/mol. The molecule has 0 bridgehead atoms. The second-order valence-corrected chi connectivity index (χ2v) is 7.82. The molecule has 0 saturated heterocycles. The van der Waals surface area contributed by atoms with Gasteiger partial charge in [0.25, 0.3) is 0 Å². The van der Waals surface area contributed by atoms with Crippen LogP contribution in [-0.2, 0) is 21.9 Å². The minimum Gasteiger partial charge on any atom is -0.303 e. The van der Waals surface area contributed by atoms with Crippen molar-refractivity contribution in [3.05, 3.63) is 71.8 Å². The standard InChI is InChI=1S/C16H18IO4P/c17-15(11-13-7-3-1-4-8-13)16(21-22(18,19)20)12-14-9-5-2-6-10-14/h1-10,15-16H,11-12H2,(H2,18,19,20). The Balaban J connectivity index is 2.11. The van der Waals surface area contributed by atoms with Crippen LogP contribution in [0.25, 0.3) is 0 Å². The zero-order chi connectivity index (χ0) is 16.0. The molecule has 2 aromatic carbocycles. The Kier molecular flexibility index (Phi) is 6.59. The van der Waals surface area contributed by atoms with Crippen LogP contribution >= 0.6 is 30.4 Å². The number of hydrogen-bond acceptors (Lipinski definition) is 2. The van der Waals surface area contributed by atoms with Gasteiger partial charge >= 0.3 is 7.82 Å². The molecule has 0 radical (unpaired) electrons. The molecule has 0 aliphatic carbocycles. The van der Waals surface area contributed by atoms with Crippen molar-refractivity contribution < 1.29 is 18.9 Å². The van der Waals surface area contributed by atoms with E-state index in [-0.39, 0.29) is 3.92 Å². The summed E-state index contributed by atoms with van der Waals surface area (Å²) in [5, 5.41) is 0. The van der Waals surface area contributed by atoms with E-state index in [0.29, 0.717) is 12.8 Å². The number of phosphoric acid groups is 1. The Bertz CT molecular complexity index is 615. The van der Waals surface area contributed by atoms with E-state index in [9.17, 15) is 4.57 Å². The minimum absolute atomic E-state index is 0.0483. The maximum atomic E-state index is 11.3. The minimum atomic E-state index is -4.52. The van der Waals surface area contributed by atoms with Gasteiger partial charge in [-0.15, -0.1) is 0 Å². The first-order chi connectivity index (χ1) is 10.4. The van der Waals surface area contributed by atoms with E-state index in [0.717, 1.165) is 11.1 Å². The summed E-state index contributed by atoms with van der Waals surface area (Å²) in [6.45, 7) is 0. The van der Waals surface area contributed by atoms with Gasteiger partial charge in [0.1, 0.15) is 0 Å². The topological polar surface area (TPSA) is 66.8 Å². The predicted molar refractivity (Wildman–Crippen MR) is 95.0 cm³/mol. The summed E-state index contributed by atoms with van der Waals surface area (Å²) < 4.78 is 16.2. The highest BCUT2D eigenvalue weighted by molar-refractivity contribution is 14.1. The van der Waals surface area contributed by atoms with Gasteiger partial charge in [0.05, 0.1) is 6.10 Å². The number of hydrogen-bond donors (Lipinski definition) is 2. The summed E-state index contributed by atoms with van der Waals surface area (Å²) in [5.41, 5.74) is 2.12. The maximum Gasteiger partial charge on any atom is 0.469 e. The highest BCUT2D eigenvalue weighted by Gasteiger charge is 2.28. The molecule has 2 atom stereocenters. The van der Waals surface area contributed by atoms with Gasteiger partial charge in [0, 0.05) is 10.3 Å². The fourth-order valence-electron chi connectivity index (χ4n) is 2.22. The molecular formula is C16H18IO4P. The average Bonchev–Trinajstić information content (AvgIpc) is 2.47. The van der Waals surface area contributed by atoms with Gasteiger partial charge in [-0.3, -0.25) is 4.52 Å². The Morgan fingerprint density at radius 2 is 1.36 bits per heavy atom. The molecule has 6 heteroatoms.